The summed E-state index contributed by atoms with van der Waals surface area (Å²) in [6.45, 7) is 2.25. The van der Waals surface area contributed by atoms with Gasteiger partial charge in [-0.1, -0.05) is 6.92 Å². The second kappa shape index (κ2) is 7.07. The molecule has 0 spiro atoms. The number of aromatic nitrogens is 1. The highest BCUT2D eigenvalue weighted by Crippen LogP contribution is 2.31. The number of hydrogen-bond donors (Lipinski definition) is 0. The lowest BCUT2D eigenvalue weighted by atomic mass is 9.96. The Hall–Kier alpha value is -2.41. The van der Waals surface area contributed by atoms with Gasteiger partial charge >= 0.3 is 5.97 Å². The van der Waals surface area contributed by atoms with E-state index in [1.54, 1.807) is 19.1 Å². The first kappa shape index (κ1) is 18.4. The number of carbonyl (C=O) groups excluding carboxylic acids is 2. The number of nitrogens with zero attached hydrogens (tertiary/aromatic N) is 1. The second-order valence-electron chi connectivity index (χ2n) is 6.27. The minimum absolute atomic E-state index is 0.0153. The first-order chi connectivity index (χ1) is 12.4. The van der Waals surface area contributed by atoms with E-state index in [4.69, 9.17) is 4.74 Å². The highest BCUT2D eigenvalue weighted by Gasteiger charge is 2.30. The van der Waals surface area contributed by atoms with Gasteiger partial charge in [0.1, 0.15) is 0 Å². The molecule has 7 heteroatoms. The maximum Gasteiger partial charge on any atom is 0.314 e. The molecule has 0 saturated heterocycles. The summed E-state index contributed by atoms with van der Waals surface area (Å²) >= 11 is 0. The Morgan fingerprint density at radius 1 is 1.15 bits per heavy atom. The Balaban J connectivity index is 1.92. The van der Waals surface area contributed by atoms with Crippen molar-refractivity contribution in [2.45, 2.75) is 37.1 Å². The van der Waals surface area contributed by atoms with Gasteiger partial charge in [-0.15, -0.1) is 0 Å². The molecule has 2 aromatic rings. The average Bonchev–Trinajstić information content (AvgIpc) is 3.11. The lowest BCUT2D eigenvalue weighted by molar-refractivity contribution is -0.143. The van der Waals surface area contributed by atoms with E-state index in [1.165, 1.54) is 31.4 Å². The van der Waals surface area contributed by atoms with Crippen LogP contribution in [0.2, 0.25) is 0 Å². The van der Waals surface area contributed by atoms with Crippen LogP contribution in [0.4, 0.5) is 0 Å². The molecule has 1 aliphatic rings. The molecule has 0 aliphatic carbocycles. The monoisotopic (exact) mass is 375 g/mol. The van der Waals surface area contributed by atoms with Gasteiger partial charge < -0.3 is 9.30 Å². The van der Waals surface area contributed by atoms with Gasteiger partial charge in [-0.05, 0) is 49.2 Å². The van der Waals surface area contributed by atoms with Crippen molar-refractivity contribution in [2.75, 3.05) is 12.9 Å². The lowest BCUT2D eigenvalue weighted by Gasteiger charge is -2.24. The molecular formula is C19H21NO5S. The van der Waals surface area contributed by atoms with Crippen LogP contribution < -0.4 is 0 Å². The first-order valence-electron chi connectivity index (χ1n) is 8.53. The Morgan fingerprint density at radius 2 is 1.85 bits per heavy atom. The minimum atomic E-state index is -3.30. The molecule has 0 saturated carbocycles. The Bertz CT molecular complexity index is 941. The normalized spacial score (nSPS) is 16.8. The Labute approximate surface area is 152 Å². The fraction of sp³-hybridized carbons (Fsp3) is 0.368. The van der Waals surface area contributed by atoms with Crippen molar-refractivity contribution in [3.05, 3.63) is 53.3 Å². The molecule has 0 fully saturated rings. The molecule has 1 aromatic carbocycles. The lowest BCUT2D eigenvalue weighted by Crippen LogP contribution is -2.24. The SMILES string of the molecule is CCS(=O)(=O)c1ccc(C(=O)c2ccc3n2CCCC3C(=O)OC)cc1. The molecule has 6 nitrogen and oxygen atoms in total. The molecule has 138 valence electrons. The van der Waals surface area contributed by atoms with E-state index in [0.717, 1.165) is 12.1 Å². The van der Waals surface area contributed by atoms with Gasteiger partial charge in [-0.25, -0.2) is 8.42 Å². The van der Waals surface area contributed by atoms with Crippen molar-refractivity contribution in [1.82, 2.24) is 4.57 Å². The smallest absolute Gasteiger partial charge is 0.314 e. The first-order valence-corrected chi connectivity index (χ1v) is 10.2. The maximum absolute atomic E-state index is 12.9. The molecule has 26 heavy (non-hydrogen) atoms. The van der Waals surface area contributed by atoms with Gasteiger partial charge in [0.2, 0.25) is 5.78 Å². The summed E-state index contributed by atoms with van der Waals surface area (Å²) in [5, 5.41) is 0. The fourth-order valence-corrected chi connectivity index (χ4v) is 4.23. The number of methoxy groups -OCH3 is 1. The summed E-state index contributed by atoms with van der Waals surface area (Å²) in [5.41, 5.74) is 1.71. The van der Waals surface area contributed by atoms with Crippen LogP contribution in [0.25, 0.3) is 0 Å². The Kier molecular flexibility index (Phi) is 5.00. The van der Waals surface area contributed by atoms with E-state index in [9.17, 15) is 18.0 Å². The molecule has 0 amide bonds. The van der Waals surface area contributed by atoms with Crippen molar-refractivity contribution < 1.29 is 22.7 Å². The Morgan fingerprint density at radius 3 is 2.46 bits per heavy atom. The van der Waals surface area contributed by atoms with Crippen LogP contribution in [0, 0.1) is 0 Å². The standard InChI is InChI=1S/C19H21NO5S/c1-3-26(23,24)14-8-6-13(7-9-14)18(21)17-11-10-16-15(19(22)25-2)5-4-12-20(16)17/h6-11,15H,3-5,12H2,1-2H3. The molecule has 2 heterocycles. The van der Waals surface area contributed by atoms with E-state index in [0.29, 0.717) is 24.2 Å². The number of benzene rings is 1. The van der Waals surface area contributed by atoms with Crippen LogP contribution in [0.15, 0.2) is 41.3 Å². The molecule has 1 aromatic heterocycles. The van der Waals surface area contributed by atoms with Crippen molar-refractivity contribution in [2.24, 2.45) is 0 Å². The number of carbonyl (C=O) groups is 2. The van der Waals surface area contributed by atoms with Crippen LogP contribution in [0.1, 0.15) is 47.4 Å². The predicted octanol–water partition coefficient (Wildman–Crippen LogP) is 2.56. The van der Waals surface area contributed by atoms with Crippen molar-refractivity contribution in [1.29, 1.82) is 0 Å². The average molecular weight is 375 g/mol. The molecule has 0 bridgehead atoms. The van der Waals surface area contributed by atoms with Gasteiger partial charge in [-0.2, -0.15) is 0 Å². The number of ether oxygens (including phenoxy) is 1. The second-order valence-corrected chi connectivity index (χ2v) is 8.55. The van der Waals surface area contributed by atoms with Crippen molar-refractivity contribution in [3.8, 4) is 0 Å². The van der Waals surface area contributed by atoms with Gasteiger partial charge in [0, 0.05) is 17.8 Å². The van der Waals surface area contributed by atoms with Crippen molar-refractivity contribution in [3.63, 3.8) is 0 Å². The summed E-state index contributed by atoms with van der Waals surface area (Å²) < 4.78 is 30.5. The van der Waals surface area contributed by atoms with Gasteiger partial charge in [0.25, 0.3) is 0 Å². The van der Waals surface area contributed by atoms with Crippen LogP contribution in [0.5, 0.6) is 0 Å². The summed E-state index contributed by atoms with van der Waals surface area (Å²) in [4.78, 5) is 25.0. The minimum Gasteiger partial charge on any atom is -0.469 e. The zero-order valence-electron chi connectivity index (χ0n) is 14.8. The molecule has 3 rings (SSSR count). The highest BCUT2D eigenvalue weighted by molar-refractivity contribution is 7.91. The third kappa shape index (κ3) is 3.19. The van der Waals surface area contributed by atoms with E-state index in [-0.39, 0.29) is 28.3 Å². The summed E-state index contributed by atoms with van der Waals surface area (Å²) in [6, 6.07) is 9.50. The van der Waals surface area contributed by atoms with E-state index in [2.05, 4.69) is 0 Å². The van der Waals surface area contributed by atoms with Crippen molar-refractivity contribution >= 4 is 21.6 Å². The number of sulfone groups is 1. The van der Waals surface area contributed by atoms with Gasteiger partial charge in [-0.3, -0.25) is 9.59 Å². The van der Waals surface area contributed by atoms with Crippen LogP contribution >= 0.6 is 0 Å². The number of hydrogen-bond acceptors (Lipinski definition) is 5. The summed E-state index contributed by atoms with van der Waals surface area (Å²) in [6.07, 6.45) is 1.49. The number of ketones is 1. The third-order valence-electron chi connectivity index (χ3n) is 4.82. The quantitative estimate of drug-likeness (QED) is 0.592. The van der Waals surface area contributed by atoms with Crippen LogP contribution in [-0.4, -0.2) is 37.6 Å². The van der Waals surface area contributed by atoms with E-state index in [1.807, 2.05) is 4.57 Å². The molecule has 1 unspecified atom stereocenters. The van der Waals surface area contributed by atoms with Gasteiger partial charge in [0.05, 0.1) is 29.4 Å². The van der Waals surface area contributed by atoms with Crippen LogP contribution in [0.3, 0.4) is 0 Å². The van der Waals surface area contributed by atoms with E-state index < -0.39 is 9.84 Å². The third-order valence-corrected chi connectivity index (χ3v) is 6.57. The molecule has 0 N–H and O–H groups in total. The highest BCUT2D eigenvalue weighted by atomic mass is 32.2. The zero-order valence-corrected chi connectivity index (χ0v) is 15.6. The van der Waals surface area contributed by atoms with Crippen LogP contribution in [-0.2, 0) is 25.9 Å². The fourth-order valence-electron chi connectivity index (χ4n) is 3.35. The predicted molar refractivity (Wildman–Crippen MR) is 96.0 cm³/mol. The molecular weight excluding hydrogens is 354 g/mol. The number of rotatable bonds is 5. The van der Waals surface area contributed by atoms with Gasteiger partial charge in [0.15, 0.2) is 9.84 Å². The number of fused-ring (bicyclic) bond motifs is 1. The summed E-state index contributed by atoms with van der Waals surface area (Å²) in [5.74, 6) is -0.826. The van der Waals surface area contributed by atoms with E-state index >= 15 is 0 Å². The molecule has 1 atom stereocenters. The molecule has 1 aliphatic heterocycles. The maximum atomic E-state index is 12.9. The largest absolute Gasteiger partial charge is 0.469 e. The zero-order chi connectivity index (χ0) is 18.9. The topological polar surface area (TPSA) is 82.4 Å². The molecule has 0 radical (unpaired) electrons. The summed E-state index contributed by atoms with van der Waals surface area (Å²) in [7, 11) is -1.93. The number of esters is 1.